The van der Waals surface area contributed by atoms with Crippen LogP contribution in [0.3, 0.4) is 0 Å². The quantitative estimate of drug-likeness (QED) is 0.540. The van der Waals surface area contributed by atoms with Gasteiger partial charge in [-0.3, -0.25) is 19.2 Å². The highest BCUT2D eigenvalue weighted by molar-refractivity contribution is 8.00. The molecule has 21 heavy (non-hydrogen) atoms. The van der Waals surface area contributed by atoms with Crippen molar-refractivity contribution in [2.45, 2.75) is 45.3 Å². The van der Waals surface area contributed by atoms with E-state index in [4.69, 9.17) is 10.8 Å². The number of primary amides is 1. The fraction of sp³-hybridized carbons (Fsp3) is 0.692. The van der Waals surface area contributed by atoms with Crippen LogP contribution in [0.1, 0.15) is 40.0 Å². The van der Waals surface area contributed by atoms with Crippen molar-refractivity contribution < 1.29 is 24.3 Å². The predicted octanol–water partition coefficient (Wildman–Crippen LogP) is 0.560. The minimum atomic E-state index is -1.01. The number of rotatable bonds is 10. The first-order valence-electron chi connectivity index (χ1n) is 6.71. The van der Waals surface area contributed by atoms with Crippen molar-refractivity contribution in [3.05, 3.63) is 0 Å². The fourth-order valence-electron chi connectivity index (χ4n) is 1.14. The van der Waals surface area contributed by atoms with Crippen LogP contribution < -0.4 is 11.1 Å². The van der Waals surface area contributed by atoms with Gasteiger partial charge in [0.05, 0.1) is 11.7 Å². The molecule has 0 bridgehead atoms. The second-order valence-electron chi connectivity index (χ2n) is 3.91. The van der Waals surface area contributed by atoms with E-state index in [1.165, 1.54) is 6.92 Å². The van der Waals surface area contributed by atoms with Crippen LogP contribution in [0, 0.1) is 0 Å². The Morgan fingerprint density at radius 2 is 1.76 bits per heavy atom. The largest absolute Gasteiger partial charge is 0.481 e. The molecule has 0 aromatic rings. The first kappa shape index (κ1) is 21.7. The molecule has 0 saturated carbocycles. The van der Waals surface area contributed by atoms with Crippen molar-refractivity contribution in [1.82, 2.24) is 5.32 Å². The highest BCUT2D eigenvalue weighted by atomic mass is 32.2. The number of ketones is 1. The molecule has 0 heterocycles. The summed E-state index contributed by atoms with van der Waals surface area (Å²) < 4.78 is 0. The zero-order chi connectivity index (χ0) is 16.8. The minimum absolute atomic E-state index is 0.00151. The minimum Gasteiger partial charge on any atom is -0.481 e. The Labute approximate surface area is 129 Å². The van der Waals surface area contributed by atoms with Gasteiger partial charge >= 0.3 is 5.97 Å². The van der Waals surface area contributed by atoms with Crippen molar-refractivity contribution in [3.63, 3.8) is 0 Å². The Morgan fingerprint density at radius 3 is 2.19 bits per heavy atom. The number of carboxylic acid groups (broad SMARTS) is 1. The SMILES string of the molecule is CC.CC(=O)CCSC(CC(=O)NCCC(=O)O)C(N)=O. The van der Waals surface area contributed by atoms with Gasteiger partial charge in [0.15, 0.2) is 0 Å². The lowest BCUT2D eigenvalue weighted by atomic mass is 10.2. The number of carbonyl (C=O) groups is 4. The van der Waals surface area contributed by atoms with E-state index in [0.717, 1.165) is 11.8 Å². The molecule has 1 atom stereocenters. The first-order chi connectivity index (χ1) is 9.82. The highest BCUT2D eigenvalue weighted by Crippen LogP contribution is 2.15. The van der Waals surface area contributed by atoms with Crippen LogP contribution in [0.2, 0.25) is 0 Å². The molecule has 4 N–H and O–H groups in total. The molecule has 7 nitrogen and oxygen atoms in total. The third-order valence-electron chi connectivity index (χ3n) is 2.12. The lowest BCUT2D eigenvalue weighted by Gasteiger charge is -2.12. The summed E-state index contributed by atoms with van der Waals surface area (Å²) in [5.41, 5.74) is 5.16. The van der Waals surface area contributed by atoms with Gasteiger partial charge in [-0.15, -0.1) is 11.8 Å². The molecule has 0 saturated heterocycles. The predicted molar refractivity (Wildman–Crippen MR) is 82.0 cm³/mol. The molecule has 0 spiro atoms. The summed E-state index contributed by atoms with van der Waals surface area (Å²) in [5, 5.41) is 10.1. The molecule has 1 unspecified atom stereocenters. The molecule has 0 aliphatic rings. The molecule has 0 fully saturated rings. The molecular weight excluding hydrogens is 296 g/mol. The van der Waals surface area contributed by atoms with Gasteiger partial charge in [0, 0.05) is 25.1 Å². The van der Waals surface area contributed by atoms with Crippen LogP contribution >= 0.6 is 11.8 Å². The second kappa shape index (κ2) is 13.4. The first-order valence-corrected chi connectivity index (χ1v) is 7.76. The van der Waals surface area contributed by atoms with Crippen LogP contribution in [-0.2, 0) is 19.2 Å². The highest BCUT2D eigenvalue weighted by Gasteiger charge is 2.19. The molecule has 2 amide bonds. The van der Waals surface area contributed by atoms with Crippen LogP contribution in [-0.4, -0.2) is 46.2 Å². The molecular formula is C13H24N2O5S. The number of carbonyl (C=O) groups excluding carboxylic acids is 3. The topological polar surface area (TPSA) is 127 Å². The molecule has 0 aliphatic heterocycles. The van der Waals surface area contributed by atoms with Crippen molar-refractivity contribution in [2.24, 2.45) is 5.73 Å². The number of carboxylic acids is 1. The Bertz CT molecular complexity index is 360. The number of thioether (sulfide) groups is 1. The summed E-state index contributed by atoms with van der Waals surface area (Å²) in [5.74, 6) is -1.64. The molecule has 8 heteroatoms. The zero-order valence-electron chi connectivity index (χ0n) is 12.7. The third-order valence-corrected chi connectivity index (χ3v) is 3.36. The summed E-state index contributed by atoms with van der Waals surface area (Å²) in [7, 11) is 0. The van der Waals surface area contributed by atoms with Gasteiger partial charge in [-0.1, -0.05) is 13.8 Å². The van der Waals surface area contributed by atoms with Gasteiger partial charge in [0.1, 0.15) is 5.78 Å². The second-order valence-corrected chi connectivity index (χ2v) is 5.22. The van der Waals surface area contributed by atoms with Gasteiger partial charge < -0.3 is 16.2 Å². The van der Waals surface area contributed by atoms with E-state index in [2.05, 4.69) is 5.32 Å². The van der Waals surface area contributed by atoms with E-state index in [0.29, 0.717) is 12.2 Å². The van der Waals surface area contributed by atoms with Crippen LogP contribution in [0.4, 0.5) is 0 Å². The van der Waals surface area contributed by atoms with E-state index in [1.807, 2.05) is 13.8 Å². The summed E-state index contributed by atoms with van der Waals surface area (Å²) >= 11 is 1.15. The van der Waals surface area contributed by atoms with Crippen LogP contribution in [0.15, 0.2) is 0 Å². The Kier molecular flexibility index (Phi) is 13.9. The number of hydrogen-bond acceptors (Lipinski definition) is 5. The summed E-state index contributed by atoms with van der Waals surface area (Å²) in [6.07, 6.45) is 0.0249. The molecule has 0 aliphatic carbocycles. The third kappa shape index (κ3) is 14.6. The van der Waals surface area contributed by atoms with Crippen molar-refractivity contribution in [3.8, 4) is 0 Å². The number of Topliss-reactive ketones (excluding diaryl/α,β-unsaturated/α-hetero) is 1. The normalized spacial score (nSPS) is 10.8. The van der Waals surface area contributed by atoms with Crippen LogP contribution in [0.25, 0.3) is 0 Å². The average Bonchev–Trinajstić information content (AvgIpc) is 2.38. The molecule has 0 radical (unpaired) electrons. The van der Waals surface area contributed by atoms with E-state index < -0.39 is 23.0 Å². The standard InChI is InChI=1S/C11H18N2O5S.C2H6/c1-7(14)3-5-19-8(11(12)18)6-9(15)13-4-2-10(16)17;1-2/h8H,2-6H2,1H3,(H2,12,18)(H,13,15)(H,16,17);1-2H3. The summed E-state index contributed by atoms with van der Waals surface area (Å²) in [6.45, 7) is 5.45. The van der Waals surface area contributed by atoms with Crippen LogP contribution in [0.5, 0.6) is 0 Å². The van der Waals surface area contributed by atoms with E-state index in [-0.39, 0.29) is 25.2 Å². The lowest BCUT2D eigenvalue weighted by molar-refractivity contribution is -0.137. The van der Waals surface area contributed by atoms with Gasteiger partial charge in [-0.05, 0) is 6.92 Å². The number of nitrogens with two attached hydrogens (primary N) is 1. The monoisotopic (exact) mass is 320 g/mol. The molecule has 0 rings (SSSR count). The van der Waals surface area contributed by atoms with E-state index >= 15 is 0 Å². The van der Waals surface area contributed by atoms with Gasteiger partial charge in [-0.2, -0.15) is 0 Å². The maximum atomic E-state index is 11.4. The van der Waals surface area contributed by atoms with Gasteiger partial charge in [-0.25, -0.2) is 0 Å². The smallest absolute Gasteiger partial charge is 0.305 e. The van der Waals surface area contributed by atoms with Crippen molar-refractivity contribution >= 4 is 35.3 Å². The lowest BCUT2D eigenvalue weighted by Crippen LogP contribution is -2.34. The van der Waals surface area contributed by atoms with Crippen molar-refractivity contribution in [1.29, 1.82) is 0 Å². The Balaban J connectivity index is 0. The maximum absolute atomic E-state index is 11.4. The van der Waals surface area contributed by atoms with Crippen molar-refractivity contribution in [2.75, 3.05) is 12.3 Å². The number of nitrogens with one attached hydrogen (secondary N) is 1. The zero-order valence-corrected chi connectivity index (χ0v) is 13.5. The Hall–Kier alpha value is -1.57. The number of amides is 2. The average molecular weight is 320 g/mol. The Morgan fingerprint density at radius 1 is 1.19 bits per heavy atom. The fourth-order valence-corrected chi connectivity index (χ4v) is 2.26. The summed E-state index contributed by atoms with van der Waals surface area (Å²) in [4.78, 5) is 43.6. The van der Waals surface area contributed by atoms with Gasteiger partial charge in [0.2, 0.25) is 11.8 Å². The number of aliphatic carboxylic acids is 1. The molecule has 122 valence electrons. The number of hydrogen-bond donors (Lipinski definition) is 3. The molecule has 0 aromatic carbocycles. The maximum Gasteiger partial charge on any atom is 0.305 e. The van der Waals surface area contributed by atoms with E-state index in [9.17, 15) is 19.2 Å². The summed E-state index contributed by atoms with van der Waals surface area (Å²) in [6, 6.07) is 0. The van der Waals surface area contributed by atoms with E-state index in [1.54, 1.807) is 0 Å². The van der Waals surface area contributed by atoms with Gasteiger partial charge in [0.25, 0.3) is 0 Å². The molecule has 0 aromatic heterocycles.